The molecule has 0 aromatic heterocycles. The highest BCUT2D eigenvalue weighted by molar-refractivity contribution is 5.54. The van der Waals surface area contributed by atoms with Gasteiger partial charge in [0.05, 0.1) is 13.7 Å². The summed E-state index contributed by atoms with van der Waals surface area (Å²) in [4.78, 5) is 0. The molecule has 218 valence electrons. The van der Waals surface area contributed by atoms with Crippen LogP contribution in [0.15, 0.2) is 133 Å². The molecule has 0 saturated carbocycles. The van der Waals surface area contributed by atoms with Crippen LogP contribution in [0.3, 0.4) is 0 Å². The Bertz CT molecular complexity index is 974. The van der Waals surface area contributed by atoms with Crippen molar-refractivity contribution in [3.8, 4) is 0 Å². The maximum atomic E-state index is 14.8. The Hall–Kier alpha value is -3.28. The maximum absolute atomic E-state index is 14.8. The summed E-state index contributed by atoms with van der Waals surface area (Å²) in [7, 11) is 2.99. The van der Waals surface area contributed by atoms with Crippen LogP contribution in [0.1, 0.15) is 41.0 Å². The molecule has 0 spiro atoms. The molecule has 0 fully saturated rings. The van der Waals surface area contributed by atoms with Crippen LogP contribution in [0.5, 0.6) is 0 Å². The lowest BCUT2D eigenvalue weighted by Crippen LogP contribution is -2.00. The number of hydrogen-bond donors (Lipinski definition) is 1. The molecular formula is C34H50F2O3. The summed E-state index contributed by atoms with van der Waals surface area (Å²) in [6.07, 6.45) is 10.8. The lowest BCUT2D eigenvalue weighted by atomic mass is 9.97. The second-order valence-electron chi connectivity index (χ2n) is 8.58. The summed E-state index contributed by atoms with van der Waals surface area (Å²) in [6, 6.07) is 0. The molecule has 0 bridgehead atoms. The number of aliphatic hydroxyl groups excluding tert-OH is 1. The Morgan fingerprint density at radius 2 is 1.28 bits per heavy atom. The molecule has 0 aromatic carbocycles. The van der Waals surface area contributed by atoms with Gasteiger partial charge >= 0.3 is 0 Å². The Morgan fingerprint density at radius 3 is 1.69 bits per heavy atom. The third-order valence-corrected chi connectivity index (χ3v) is 5.17. The number of aliphatic hydroxyl groups is 1. The average molecular weight is 545 g/mol. The predicted octanol–water partition coefficient (Wildman–Crippen LogP) is 9.64. The van der Waals surface area contributed by atoms with Crippen LogP contribution in [0.4, 0.5) is 8.78 Å². The fourth-order valence-corrected chi connectivity index (χ4v) is 2.42. The molecule has 0 aliphatic rings. The summed E-state index contributed by atoms with van der Waals surface area (Å²) in [5.74, 6) is -0.572. The smallest absolute Gasteiger partial charge is 0.131 e. The minimum atomic E-state index is -0.710. The number of hydrogen-bond acceptors (Lipinski definition) is 3. The van der Waals surface area contributed by atoms with E-state index in [4.69, 9.17) is 14.6 Å². The summed E-state index contributed by atoms with van der Waals surface area (Å²) in [5, 5.41) is 7.57. The number of rotatable bonds is 15. The van der Waals surface area contributed by atoms with Crippen LogP contribution >= 0.6 is 0 Å². The van der Waals surface area contributed by atoms with E-state index >= 15 is 0 Å². The van der Waals surface area contributed by atoms with Gasteiger partial charge in [0.25, 0.3) is 0 Å². The molecule has 0 heterocycles. The van der Waals surface area contributed by atoms with Gasteiger partial charge in [-0.2, -0.15) is 0 Å². The van der Waals surface area contributed by atoms with E-state index in [1.54, 1.807) is 19.1 Å². The second kappa shape index (κ2) is 23.8. The zero-order valence-corrected chi connectivity index (χ0v) is 25.2. The highest BCUT2D eigenvalue weighted by Crippen LogP contribution is 2.27. The van der Waals surface area contributed by atoms with Gasteiger partial charge in [-0.3, -0.25) is 0 Å². The van der Waals surface area contributed by atoms with Gasteiger partial charge in [0, 0.05) is 30.4 Å². The molecule has 0 aromatic rings. The minimum Gasteiger partial charge on any atom is -0.497 e. The quantitative estimate of drug-likeness (QED) is 0.127. The molecule has 0 radical (unpaired) electrons. The summed E-state index contributed by atoms with van der Waals surface area (Å²) < 4.78 is 39.7. The van der Waals surface area contributed by atoms with E-state index < -0.39 is 11.7 Å². The molecular weight excluding hydrogens is 494 g/mol. The summed E-state index contributed by atoms with van der Waals surface area (Å²) in [5.41, 5.74) is 1.51. The van der Waals surface area contributed by atoms with Crippen LogP contribution < -0.4 is 0 Å². The fourth-order valence-electron chi connectivity index (χ4n) is 2.42. The van der Waals surface area contributed by atoms with E-state index in [0.29, 0.717) is 28.4 Å². The van der Waals surface area contributed by atoms with Crippen molar-refractivity contribution in [2.24, 2.45) is 11.8 Å². The molecule has 0 amide bonds. The molecule has 0 saturated heterocycles. The maximum Gasteiger partial charge on any atom is 0.131 e. The number of halogens is 2. The van der Waals surface area contributed by atoms with Gasteiger partial charge in [0.15, 0.2) is 0 Å². The first kappa shape index (κ1) is 40.2. The number of ether oxygens (including phenoxy) is 2. The molecule has 0 aliphatic heterocycles. The van der Waals surface area contributed by atoms with Crippen LogP contribution in [-0.2, 0) is 9.47 Å². The van der Waals surface area contributed by atoms with E-state index in [9.17, 15) is 8.78 Å². The lowest BCUT2D eigenvalue weighted by molar-refractivity contribution is 0.212. The zero-order valence-electron chi connectivity index (χ0n) is 25.2. The molecule has 5 heteroatoms. The molecule has 3 nitrogen and oxygen atoms in total. The highest BCUT2D eigenvalue weighted by Gasteiger charge is 2.12. The Labute approximate surface area is 237 Å². The molecule has 2 atom stereocenters. The Morgan fingerprint density at radius 1 is 0.846 bits per heavy atom. The second-order valence-corrected chi connectivity index (χ2v) is 8.58. The van der Waals surface area contributed by atoms with Crippen LogP contribution in [-0.4, -0.2) is 32.5 Å². The van der Waals surface area contributed by atoms with Gasteiger partial charge in [0.2, 0.25) is 0 Å². The number of allylic oxidation sites excluding steroid dienone is 13. The van der Waals surface area contributed by atoms with E-state index in [2.05, 4.69) is 66.0 Å². The SMILES string of the molecule is C=C(/C=C(/COC)C(=C)OC)C(=C)/C(F)=C\C(=C)C(=C)/C(F)=C\C(=C)C(C)/C=C\C(C)CC.C=CC.CCO. The molecule has 0 aliphatic carbocycles. The van der Waals surface area contributed by atoms with Crippen molar-refractivity contribution in [3.63, 3.8) is 0 Å². The van der Waals surface area contributed by atoms with Crippen LogP contribution in [0.25, 0.3) is 0 Å². The first-order valence-corrected chi connectivity index (χ1v) is 12.7. The average Bonchev–Trinajstić information content (AvgIpc) is 2.90. The van der Waals surface area contributed by atoms with Gasteiger partial charge in [-0.25, -0.2) is 8.78 Å². The van der Waals surface area contributed by atoms with E-state index in [-0.39, 0.29) is 35.9 Å². The molecule has 0 rings (SSSR count). The van der Waals surface area contributed by atoms with Gasteiger partial charge in [0.1, 0.15) is 17.4 Å². The fraction of sp³-hybridized carbons (Fsp3) is 0.353. The Balaban J connectivity index is -0.00000196. The van der Waals surface area contributed by atoms with Crippen molar-refractivity contribution in [1.82, 2.24) is 0 Å². The van der Waals surface area contributed by atoms with E-state index in [0.717, 1.165) is 12.5 Å². The molecule has 1 N–H and O–H groups in total. The first-order chi connectivity index (χ1) is 18.2. The standard InChI is InChI=1S/C29H38F2O2.C3H6.C2H6O/c1-12-19(2)13-14-20(3)21(4)16-28(30)25(8)23(6)17-29(31)24(7)22(5)15-27(18-32-10)26(9)33-11;1-3-2;1-2-3/h13-17,19-20H,4-9,12,18H2,1-3,10-11H3;3H,1H2,2H3;3H,2H2,1H3/b14-13-,27-15-,28-16+,29-17+;;. The highest BCUT2D eigenvalue weighted by atomic mass is 19.1. The van der Waals surface area contributed by atoms with Gasteiger partial charge in [-0.1, -0.05) is 84.9 Å². The normalized spacial score (nSPS) is 13.1. The summed E-state index contributed by atoms with van der Waals surface area (Å²) >= 11 is 0. The van der Waals surface area contributed by atoms with Crippen LogP contribution in [0.2, 0.25) is 0 Å². The monoisotopic (exact) mass is 544 g/mol. The molecule has 39 heavy (non-hydrogen) atoms. The number of methoxy groups -OCH3 is 2. The minimum absolute atomic E-state index is 0.0130. The van der Waals surface area contributed by atoms with Crippen molar-refractivity contribution in [3.05, 3.63) is 133 Å². The van der Waals surface area contributed by atoms with Crippen molar-refractivity contribution in [2.75, 3.05) is 27.4 Å². The van der Waals surface area contributed by atoms with Gasteiger partial charge in [-0.15, -0.1) is 6.58 Å². The molecule has 2 unspecified atom stereocenters. The third-order valence-electron chi connectivity index (χ3n) is 5.17. The summed E-state index contributed by atoms with van der Waals surface area (Å²) in [6.45, 7) is 36.2. The van der Waals surface area contributed by atoms with E-state index in [1.165, 1.54) is 20.3 Å². The van der Waals surface area contributed by atoms with Gasteiger partial charge in [-0.05, 0) is 60.6 Å². The zero-order chi connectivity index (χ0) is 31.1. The first-order valence-electron chi connectivity index (χ1n) is 12.7. The van der Waals surface area contributed by atoms with Crippen molar-refractivity contribution >= 4 is 0 Å². The van der Waals surface area contributed by atoms with Crippen LogP contribution in [0, 0.1) is 11.8 Å². The lowest BCUT2D eigenvalue weighted by Gasteiger charge is -2.11. The van der Waals surface area contributed by atoms with Crippen molar-refractivity contribution in [1.29, 1.82) is 0 Å². The Kier molecular flexibility index (Phi) is 24.6. The van der Waals surface area contributed by atoms with Crippen molar-refractivity contribution < 1.29 is 23.4 Å². The topological polar surface area (TPSA) is 38.7 Å². The van der Waals surface area contributed by atoms with Crippen molar-refractivity contribution in [2.45, 2.75) is 41.0 Å². The predicted molar refractivity (Wildman–Crippen MR) is 167 cm³/mol. The van der Waals surface area contributed by atoms with E-state index in [1.807, 2.05) is 19.9 Å². The third kappa shape index (κ3) is 18.6. The largest absolute Gasteiger partial charge is 0.497 e. The van der Waals surface area contributed by atoms with Gasteiger partial charge < -0.3 is 14.6 Å².